The minimum atomic E-state index is -2.00. The van der Waals surface area contributed by atoms with E-state index in [1.807, 2.05) is 26.8 Å². The SMILES string of the molecule is CN(Cc1cc(C(C)(C)C)n[nH]1)C(=O)C(F)Cl. The number of amides is 1. The molecular formula is C11H17ClFN3O. The summed E-state index contributed by atoms with van der Waals surface area (Å²) in [5.74, 6) is -0.751. The second kappa shape index (κ2) is 5.04. The number of aromatic nitrogens is 2. The van der Waals surface area contributed by atoms with E-state index in [1.165, 1.54) is 11.9 Å². The Bertz CT molecular complexity index is 398. The topological polar surface area (TPSA) is 49.0 Å². The number of alkyl halides is 2. The molecule has 1 unspecified atom stereocenters. The normalized spacial score (nSPS) is 13.5. The highest BCUT2D eigenvalue weighted by Crippen LogP contribution is 2.20. The maximum atomic E-state index is 12.6. The van der Waals surface area contributed by atoms with Crippen LogP contribution >= 0.6 is 11.6 Å². The fourth-order valence-corrected chi connectivity index (χ4v) is 1.49. The third-order valence-electron chi connectivity index (χ3n) is 2.37. The summed E-state index contributed by atoms with van der Waals surface area (Å²) in [6, 6.07) is 1.87. The van der Waals surface area contributed by atoms with Crippen LogP contribution in [-0.4, -0.2) is 33.7 Å². The molecule has 1 amide bonds. The number of rotatable bonds is 3. The second-order valence-corrected chi connectivity index (χ2v) is 5.41. The molecule has 1 N–H and O–H groups in total. The highest BCUT2D eigenvalue weighted by Gasteiger charge is 2.21. The van der Waals surface area contributed by atoms with Crippen molar-refractivity contribution >= 4 is 17.5 Å². The van der Waals surface area contributed by atoms with Crippen LogP contribution in [0.1, 0.15) is 32.2 Å². The molecule has 6 heteroatoms. The molecule has 96 valence electrons. The molecule has 17 heavy (non-hydrogen) atoms. The predicted octanol–water partition coefficient (Wildman–Crippen LogP) is 2.20. The number of carbonyl (C=O) groups excluding carboxylic acids is 1. The molecule has 0 aromatic carbocycles. The molecule has 1 aromatic heterocycles. The number of nitrogens with zero attached hydrogens (tertiary/aromatic N) is 2. The molecule has 0 bridgehead atoms. The van der Waals surface area contributed by atoms with Gasteiger partial charge in [-0.1, -0.05) is 32.4 Å². The Morgan fingerprint density at radius 1 is 1.65 bits per heavy atom. The van der Waals surface area contributed by atoms with Gasteiger partial charge in [-0.2, -0.15) is 5.10 Å². The number of carbonyl (C=O) groups is 1. The first-order valence-corrected chi connectivity index (χ1v) is 5.73. The molecule has 1 atom stereocenters. The zero-order valence-electron chi connectivity index (χ0n) is 10.4. The van der Waals surface area contributed by atoms with Crippen LogP contribution in [0.25, 0.3) is 0 Å². The van der Waals surface area contributed by atoms with E-state index in [0.717, 1.165) is 11.4 Å². The van der Waals surface area contributed by atoms with Crippen LogP contribution in [0.3, 0.4) is 0 Å². The molecule has 0 aliphatic rings. The van der Waals surface area contributed by atoms with Crippen molar-refractivity contribution in [1.29, 1.82) is 0 Å². The number of hydrogen-bond donors (Lipinski definition) is 1. The highest BCUT2D eigenvalue weighted by molar-refractivity contribution is 6.29. The van der Waals surface area contributed by atoms with Gasteiger partial charge in [0.15, 0.2) is 0 Å². The third kappa shape index (κ3) is 3.70. The maximum Gasteiger partial charge on any atom is 0.272 e. The average Bonchev–Trinajstić information content (AvgIpc) is 2.64. The molecule has 0 saturated carbocycles. The van der Waals surface area contributed by atoms with Crippen LogP contribution in [0.5, 0.6) is 0 Å². The van der Waals surface area contributed by atoms with Gasteiger partial charge in [-0.15, -0.1) is 0 Å². The summed E-state index contributed by atoms with van der Waals surface area (Å²) in [7, 11) is 1.49. The molecule has 0 spiro atoms. The lowest BCUT2D eigenvalue weighted by Gasteiger charge is -2.16. The summed E-state index contributed by atoms with van der Waals surface area (Å²) >= 11 is 5.08. The lowest BCUT2D eigenvalue weighted by Crippen LogP contribution is -2.31. The zero-order valence-corrected chi connectivity index (χ0v) is 11.2. The van der Waals surface area contributed by atoms with Gasteiger partial charge < -0.3 is 4.90 Å². The molecule has 1 heterocycles. The lowest BCUT2D eigenvalue weighted by molar-refractivity contribution is -0.132. The van der Waals surface area contributed by atoms with E-state index in [0.29, 0.717) is 0 Å². The monoisotopic (exact) mass is 261 g/mol. The maximum absolute atomic E-state index is 12.6. The van der Waals surface area contributed by atoms with Gasteiger partial charge in [0, 0.05) is 12.5 Å². The zero-order chi connectivity index (χ0) is 13.2. The Hall–Kier alpha value is -1.10. The van der Waals surface area contributed by atoms with Gasteiger partial charge in [-0.3, -0.25) is 9.89 Å². The van der Waals surface area contributed by atoms with Crippen LogP contribution in [0, 0.1) is 0 Å². The number of aromatic amines is 1. The van der Waals surface area contributed by atoms with Gasteiger partial charge in [0.25, 0.3) is 11.5 Å². The van der Waals surface area contributed by atoms with Crippen molar-refractivity contribution in [3.05, 3.63) is 17.5 Å². The molecule has 0 aliphatic carbocycles. The first-order valence-electron chi connectivity index (χ1n) is 5.29. The van der Waals surface area contributed by atoms with Crippen molar-refractivity contribution in [2.24, 2.45) is 0 Å². The molecular weight excluding hydrogens is 245 g/mol. The standard InChI is InChI=1S/C11H17ClFN3O/c1-11(2,3)8-5-7(14-15-8)6-16(4)10(17)9(12)13/h5,9H,6H2,1-4H3,(H,14,15). The van der Waals surface area contributed by atoms with Gasteiger partial charge in [-0.25, -0.2) is 4.39 Å². The van der Waals surface area contributed by atoms with Crippen molar-refractivity contribution in [1.82, 2.24) is 15.1 Å². The van der Waals surface area contributed by atoms with E-state index in [1.54, 1.807) is 0 Å². The van der Waals surface area contributed by atoms with Gasteiger partial charge in [-0.05, 0) is 6.07 Å². The molecule has 1 aromatic rings. The molecule has 0 aliphatic heterocycles. The van der Waals surface area contributed by atoms with Crippen molar-refractivity contribution in [2.75, 3.05) is 7.05 Å². The summed E-state index contributed by atoms with van der Waals surface area (Å²) in [6.45, 7) is 6.38. The van der Waals surface area contributed by atoms with Crippen LogP contribution in [0.4, 0.5) is 4.39 Å². The first kappa shape index (κ1) is 14.0. The Morgan fingerprint density at radius 2 is 2.24 bits per heavy atom. The molecule has 0 fully saturated rings. The fourth-order valence-electron chi connectivity index (χ4n) is 1.33. The largest absolute Gasteiger partial charge is 0.336 e. The van der Waals surface area contributed by atoms with E-state index in [2.05, 4.69) is 10.2 Å². The Kier molecular flexibility index (Phi) is 4.14. The first-order chi connectivity index (χ1) is 7.71. The van der Waals surface area contributed by atoms with E-state index in [9.17, 15) is 9.18 Å². The third-order valence-corrected chi connectivity index (χ3v) is 2.56. The smallest absolute Gasteiger partial charge is 0.272 e. The summed E-state index contributed by atoms with van der Waals surface area (Å²) < 4.78 is 12.6. The molecule has 0 radical (unpaired) electrons. The Morgan fingerprint density at radius 3 is 2.65 bits per heavy atom. The van der Waals surface area contributed by atoms with Crippen molar-refractivity contribution in [3.8, 4) is 0 Å². The lowest BCUT2D eigenvalue weighted by atomic mass is 9.92. The number of nitrogens with one attached hydrogen (secondary N) is 1. The fraction of sp³-hybridized carbons (Fsp3) is 0.636. The van der Waals surface area contributed by atoms with Gasteiger partial charge in [0.05, 0.1) is 17.9 Å². The van der Waals surface area contributed by atoms with Gasteiger partial charge in [0.2, 0.25) is 0 Å². The molecule has 1 rings (SSSR count). The highest BCUT2D eigenvalue weighted by atomic mass is 35.5. The van der Waals surface area contributed by atoms with E-state index in [4.69, 9.17) is 11.6 Å². The number of H-pyrrole nitrogens is 1. The molecule has 4 nitrogen and oxygen atoms in total. The van der Waals surface area contributed by atoms with E-state index in [-0.39, 0.29) is 12.0 Å². The number of hydrogen-bond acceptors (Lipinski definition) is 2. The van der Waals surface area contributed by atoms with E-state index >= 15 is 0 Å². The van der Waals surface area contributed by atoms with E-state index < -0.39 is 11.5 Å². The predicted molar refractivity (Wildman–Crippen MR) is 64.5 cm³/mol. The second-order valence-electron chi connectivity index (χ2n) is 5.02. The van der Waals surface area contributed by atoms with Gasteiger partial charge in [0.1, 0.15) is 0 Å². The van der Waals surface area contributed by atoms with Crippen molar-refractivity contribution < 1.29 is 9.18 Å². The minimum absolute atomic E-state index is 0.0631. The van der Waals surface area contributed by atoms with Crippen molar-refractivity contribution in [3.63, 3.8) is 0 Å². The summed E-state index contributed by atoms with van der Waals surface area (Å²) in [5, 5.41) is 6.98. The van der Waals surface area contributed by atoms with Crippen LogP contribution in [-0.2, 0) is 16.8 Å². The van der Waals surface area contributed by atoms with Crippen LogP contribution < -0.4 is 0 Å². The number of halogens is 2. The van der Waals surface area contributed by atoms with Crippen LogP contribution in [0.2, 0.25) is 0 Å². The minimum Gasteiger partial charge on any atom is -0.336 e. The summed E-state index contributed by atoms with van der Waals surface area (Å²) in [4.78, 5) is 12.5. The quantitative estimate of drug-likeness (QED) is 0.848. The Balaban J connectivity index is 2.70. The summed E-state index contributed by atoms with van der Waals surface area (Å²) in [5.41, 5.74) is -0.406. The van der Waals surface area contributed by atoms with Gasteiger partial charge >= 0.3 is 0 Å². The molecule has 0 saturated heterocycles. The Labute approximate surface area is 105 Å². The van der Waals surface area contributed by atoms with Crippen LogP contribution in [0.15, 0.2) is 6.07 Å². The summed E-state index contributed by atoms with van der Waals surface area (Å²) in [6.07, 6.45) is 0. The average molecular weight is 262 g/mol. The van der Waals surface area contributed by atoms with Crippen molar-refractivity contribution in [2.45, 2.75) is 38.4 Å².